The Morgan fingerprint density at radius 2 is 1.62 bits per heavy atom. The number of carbonyl (C=O) groups is 4. The Bertz CT molecular complexity index is 1870. The number of phenols is 1. The number of allylic oxidation sites excluding steroid dienone is 2. The van der Waals surface area contributed by atoms with E-state index in [1.54, 1.807) is 49.4 Å². The third kappa shape index (κ3) is 4.48. The molecular formula is C34H28ClF3N4O5. The summed E-state index contributed by atoms with van der Waals surface area (Å²) in [4.78, 5) is 61.4. The number of carbonyl (C=O) groups excluding carboxylic acids is 4. The molecule has 242 valence electrons. The van der Waals surface area contributed by atoms with Gasteiger partial charge >= 0.3 is 6.18 Å². The summed E-state index contributed by atoms with van der Waals surface area (Å²) in [6.45, 7) is 1.75. The zero-order valence-electron chi connectivity index (χ0n) is 25.1. The zero-order valence-corrected chi connectivity index (χ0v) is 25.9. The van der Waals surface area contributed by atoms with E-state index in [-0.39, 0.29) is 23.6 Å². The molecule has 0 radical (unpaired) electrons. The van der Waals surface area contributed by atoms with Crippen molar-refractivity contribution in [2.45, 2.75) is 31.9 Å². The molecule has 3 heterocycles. The second-order valence-corrected chi connectivity index (χ2v) is 13.0. The number of imide groups is 2. The van der Waals surface area contributed by atoms with Crippen molar-refractivity contribution < 1.29 is 37.5 Å². The Kier molecular flexibility index (Phi) is 7.01. The molecule has 1 aromatic heterocycles. The number of aromatic hydroxyl groups is 1. The van der Waals surface area contributed by atoms with Gasteiger partial charge in [-0.25, -0.2) is 9.88 Å². The van der Waals surface area contributed by atoms with Crippen molar-refractivity contribution in [2.75, 3.05) is 17.0 Å². The monoisotopic (exact) mass is 664 g/mol. The van der Waals surface area contributed by atoms with Gasteiger partial charge in [0, 0.05) is 13.0 Å². The molecule has 0 bridgehead atoms. The second-order valence-electron chi connectivity index (χ2n) is 12.6. The third-order valence-electron chi connectivity index (χ3n) is 10.2. The first-order valence-electron chi connectivity index (χ1n) is 15.0. The molecule has 13 heteroatoms. The van der Waals surface area contributed by atoms with E-state index in [4.69, 9.17) is 11.6 Å². The molecular weight excluding hydrogens is 637 g/mol. The number of aromatic nitrogens is 1. The lowest BCUT2D eigenvalue weighted by atomic mass is 9.51. The van der Waals surface area contributed by atoms with Crippen LogP contribution in [-0.2, 0) is 25.4 Å². The van der Waals surface area contributed by atoms with Crippen LogP contribution < -0.4 is 9.91 Å². The molecule has 4 amide bonds. The number of hydrogen-bond donors (Lipinski definition) is 1. The molecule has 2 aliphatic carbocycles. The van der Waals surface area contributed by atoms with E-state index < -0.39 is 76.3 Å². The number of anilines is 2. The first kappa shape index (κ1) is 30.9. The number of phenolic OH excluding ortho intramolecular Hbond substituents is 1. The van der Waals surface area contributed by atoms with Crippen LogP contribution in [-0.4, -0.2) is 45.8 Å². The minimum Gasteiger partial charge on any atom is -0.508 e. The molecule has 7 rings (SSSR count). The highest BCUT2D eigenvalue weighted by Crippen LogP contribution is 2.63. The SMILES string of the molecule is CN(c1nc(C(F)(F)F)ccc1Cl)N1C(=O)C2CC=C3C(CC4C(=O)N(c5ccccc5)C(=O)C4(C)C3c3ccc(O)cc3)C2C1=O. The maximum Gasteiger partial charge on any atom is 0.433 e. The second kappa shape index (κ2) is 10.7. The van der Waals surface area contributed by atoms with Gasteiger partial charge < -0.3 is 5.11 Å². The van der Waals surface area contributed by atoms with Gasteiger partial charge in [0.05, 0.1) is 33.9 Å². The summed E-state index contributed by atoms with van der Waals surface area (Å²) in [6, 6.07) is 16.6. The van der Waals surface area contributed by atoms with Crippen LogP contribution >= 0.6 is 11.6 Å². The highest BCUT2D eigenvalue weighted by molar-refractivity contribution is 6.33. The maximum absolute atomic E-state index is 14.4. The van der Waals surface area contributed by atoms with Gasteiger partial charge in [0.2, 0.25) is 11.8 Å². The molecule has 2 saturated heterocycles. The summed E-state index contributed by atoms with van der Waals surface area (Å²) >= 11 is 6.22. The molecule has 6 unspecified atom stereocenters. The molecule has 4 aliphatic rings. The molecule has 6 atom stereocenters. The van der Waals surface area contributed by atoms with E-state index in [9.17, 15) is 37.5 Å². The Labute approximate surface area is 272 Å². The van der Waals surface area contributed by atoms with Crippen molar-refractivity contribution in [1.29, 1.82) is 0 Å². The van der Waals surface area contributed by atoms with Gasteiger partial charge in [-0.1, -0.05) is 53.6 Å². The van der Waals surface area contributed by atoms with E-state index in [0.29, 0.717) is 17.3 Å². The number of para-hydroxylation sites is 1. The topological polar surface area (TPSA) is 111 Å². The molecule has 2 aromatic carbocycles. The van der Waals surface area contributed by atoms with E-state index in [1.165, 1.54) is 24.1 Å². The zero-order chi connectivity index (χ0) is 33.6. The normalized spacial score (nSPS) is 28.6. The number of fused-ring (bicyclic) bond motifs is 4. The van der Waals surface area contributed by atoms with Crippen LogP contribution in [0.4, 0.5) is 24.7 Å². The summed E-state index contributed by atoms with van der Waals surface area (Å²) in [5.74, 6) is -6.47. The highest BCUT2D eigenvalue weighted by Gasteiger charge is 2.68. The Balaban J connectivity index is 1.31. The number of rotatable bonds is 4. The van der Waals surface area contributed by atoms with Gasteiger partial charge in [-0.2, -0.15) is 18.2 Å². The van der Waals surface area contributed by atoms with Gasteiger partial charge in [-0.3, -0.25) is 24.2 Å². The summed E-state index contributed by atoms with van der Waals surface area (Å²) in [7, 11) is 1.25. The van der Waals surface area contributed by atoms with Gasteiger partial charge in [0.1, 0.15) is 11.4 Å². The first-order valence-corrected chi connectivity index (χ1v) is 15.4. The van der Waals surface area contributed by atoms with Crippen LogP contribution in [0.5, 0.6) is 5.75 Å². The van der Waals surface area contributed by atoms with Gasteiger partial charge in [-0.15, -0.1) is 0 Å². The largest absolute Gasteiger partial charge is 0.508 e. The Morgan fingerprint density at radius 3 is 2.28 bits per heavy atom. The van der Waals surface area contributed by atoms with Crippen LogP contribution in [0, 0.1) is 29.1 Å². The molecule has 9 nitrogen and oxygen atoms in total. The standard InChI is InChI=1S/C34H28ClF3N4O5/c1-33-23(30(45)41(32(33)47)18-6-4-3-5-7-18)16-22-20(27(33)17-8-10-19(43)11-9-17)12-13-21-26(22)31(46)42(29(21)44)40(2)28-24(35)14-15-25(39-28)34(36,37)38/h3-12,14-15,21-23,26-27,43H,13,16H2,1-2H3. The molecule has 3 fully saturated rings. The first-order chi connectivity index (χ1) is 22.2. The molecule has 47 heavy (non-hydrogen) atoms. The number of amides is 4. The van der Waals surface area contributed by atoms with E-state index in [0.717, 1.165) is 21.7 Å². The minimum absolute atomic E-state index is 0.0114. The lowest BCUT2D eigenvalue weighted by molar-refractivity contribution is -0.141. The smallest absolute Gasteiger partial charge is 0.433 e. The van der Waals surface area contributed by atoms with Crippen molar-refractivity contribution in [3.63, 3.8) is 0 Å². The summed E-state index contributed by atoms with van der Waals surface area (Å²) in [6.07, 6.45) is -2.69. The fourth-order valence-electron chi connectivity index (χ4n) is 8.08. The maximum atomic E-state index is 14.4. The number of hydrogen-bond acceptors (Lipinski definition) is 7. The fourth-order valence-corrected chi connectivity index (χ4v) is 8.30. The Hall–Kier alpha value is -4.71. The molecule has 0 spiro atoms. The van der Waals surface area contributed by atoms with E-state index >= 15 is 0 Å². The van der Waals surface area contributed by atoms with Gasteiger partial charge in [0.15, 0.2) is 5.82 Å². The average Bonchev–Trinajstić information content (AvgIpc) is 3.40. The van der Waals surface area contributed by atoms with Crippen molar-refractivity contribution in [1.82, 2.24) is 9.99 Å². The summed E-state index contributed by atoms with van der Waals surface area (Å²) < 4.78 is 40.5. The molecule has 1 saturated carbocycles. The van der Waals surface area contributed by atoms with Crippen LogP contribution in [0.15, 0.2) is 78.4 Å². The van der Waals surface area contributed by atoms with Crippen molar-refractivity contribution in [2.24, 2.45) is 29.1 Å². The summed E-state index contributed by atoms with van der Waals surface area (Å²) in [5, 5.41) is 11.6. The van der Waals surface area contributed by atoms with E-state index in [2.05, 4.69) is 4.98 Å². The van der Waals surface area contributed by atoms with Crippen molar-refractivity contribution in [3.05, 3.63) is 94.7 Å². The van der Waals surface area contributed by atoms with Crippen LogP contribution in [0.25, 0.3) is 0 Å². The molecule has 1 N–H and O–H groups in total. The minimum atomic E-state index is -4.79. The predicted octanol–water partition coefficient (Wildman–Crippen LogP) is 5.74. The van der Waals surface area contributed by atoms with Gasteiger partial charge in [-0.05, 0) is 67.6 Å². The van der Waals surface area contributed by atoms with Crippen molar-refractivity contribution >= 4 is 46.7 Å². The summed E-state index contributed by atoms with van der Waals surface area (Å²) in [5.41, 5.74) is -0.682. The van der Waals surface area contributed by atoms with Crippen LogP contribution in [0.3, 0.4) is 0 Å². The number of nitrogens with zero attached hydrogens (tertiary/aromatic N) is 4. The van der Waals surface area contributed by atoms with E-state index in [1.807, 2.05) is 6.08 Å². The number of halogens is 4. The van der Waals surface area contributed by atoms with Crippen LogP contribution in [0.1, 0.15) is 36.9 Å². The van der Waals surface area contributed by atoms with Crippen LogP contribution in [0.2, 0.25) is 5.02 Å². The lowest BCUT2D eigenvalue weighted by Crippen LogP contribution is -2.49. The number of benzene rings is 2. The van der Waals surface area contributed by atoms with Gasteiger partial charge in [0.25, 0.3) is 11.8 Å². The van der Waals surface area contributed by atoms with Crippen molar-refractivity contribution in [3.8, 4) is 5.75 Å². The number of alkyl halides is 3. The number of hydrazine groups is 1. The quantitative estimate of drug-likeness (QED) is 0.280. The molecule has 2 aliphatic heterocycles. The fraction of sp³-hybridized carbons (Fsp3) is 0.324. The third-order valence-corrected chi connectivity index (χ3v) is 10.5. The number of pyridine rings is 1. The Morgan fingerprint density at radius 1 is 0.936 bits per heavy atom. The average molecular weight is 665 g/mol. The highest BCUT2D eigenvalue weighted by atomic mass is 35.5. The lowest BCUT2D eigenvalue weighted by Gasteiger charge is -2.49. The predicted molar refractivity (Wildman–Crippen MR) is 164 cm³/mol. The molecule has 3 aromatic rings.